The van der Waals surface area contributed by atoms with Crippen molar-refractivity contribution in [2.24, 2.45) is 0 Å². The van der Waals surface area contributed by atoms with Crippen LogP contribution in [0.25, 0.3) is 0 Å². The van der Waals surface area contributed by atoms with Crippen molar-refractivity contribution in [2.45, 2.75) is 31.0 Å². The molecule has 2 aliphatic heterocycles. The lowest BCUT2D eigenvalue weighted by Crippen LogP contribution is -2.54. The Kier molecular flexibility index (Phi) is 6.43. The second kappa shape index (κ2) is 8.45. The van der Waals surface area contributed by atoms with Crippen molar-refractivity contribution in [3.8, 4) is 0 Å². The van der Waals surface area contributed by atoms with Crippen LogP contribution in [0.1, 0.15) is 13.8 Å². The zero-order chi connectivity index (χ0) is 19.6. The number of carbonyl (C=O) groups excluding carboxylic acids is 1. The molecule has 1 aromatic carbocycles. The van der Waals surface area contributed by atoms with E-state index < -0.39 is 10.0 Å². The molecular formula is C18H26ClN3O4S. The molecule has 0 unspecified atom stereocenters. The number of hydrogen-bond acceptors (Lipinski definition) is 5. The summed E-state index contributed by atoms with van der Waals surface area (Å²) in [4.78, 5) is 16.6. The Morgan fingerprint density at radius 3 is 2.30 bits per heavy atom. The predicted octanol–water partition coefficient (Wildman–Crippen LogP) is 1.28. The van der Waals surface area contributed by atoms with Gasteiger partial charge in [-0.05, 0) is 26.0 Å². The number of sulfonamides is 1. The summed E-state index contributed by atoms with van der Waals surface area (Å²) in [5.74, 6) is 0.0334. The zero-order valence-electron chi connectivity index (χ0n) is 15.7. The first-order valence-electron chi connectivity index (χ1n) is 9.17. The van der Waals surface area contributed by atoms with Crippen molar-refractivity contribution in [3.05, 3.63) is 29.3 Å². The Bertz CT molecular complexity index is 771. The second-order valence-corrected chi connectivity index (χ2v) is 9.48. The molecule has 0 N–H and O–H groups in total. The third kappa shape index (κ3) is 4.81. The molecular weight excluding hydrogens is 390 g/mol. The molecule has 27 heavy (non-hydrogen) atoms. The van der Waals surface area contributed by atoms with Gasteiger partial charge >= 0.3 is 0 Å². The molecule has 0 aromatic heterocycles. The fraction of sp³-hybridized carbons (Fsp3) is 0.611. The van der Waals surface area contributed by atoms with Crippen molar-refractivity contribution < 1.29 is 17.9 Å². The molecule has 1 aromatic rings. The van der Waals surface area contributed by atoms with Gasteiger partial charge in [-0.1, -0.05) is 23.7 Å². The number of hydrogen-bond donors (Lipinski definition) is 0. The second-order valence-electron chi connectivity index (χ2n) is 7.17. The molecule has 150 valence electrons. The topological polar surface area (TPSA) is 70.2 Å². The minimum absolute atomic E-state index is 0.0334. The predicted molar refractivity (Wildman–Crippen MR) is 103 cm³/mol. The lowest BCUT2D eigenvalue weighted by atomic mass is 10.2. The molecule has 2 atom stereocenters. The maximum atomic E-state index is 12.8. The van der Waals surface area contributed by atoms with E-state index in [0.29, 0.717) is 19.6 Å². The standard InChI is InChI=1S/C18H26ClN3O4S/c1-14-11-20(12-15(2)26-14)13-18(23)21-7-9-22(10-8-21)27(24,25)17-6-4-3-5-16(17)19/h3-6,14-15H,7-13H2,1-2H3/t14-,15-/m1/s1. The van der Waals surface area contributed by atoms with E-state index in [0.717, 1.165) is 13.1 Å². The Morgan fingerprint density at radius 1 is 1.11 bits per heavy atom. The first-order valence-corrected chi connectivity index (χ1v) is 11.0. The van der Waals surface area contributed by atoms with Crippen LogP contribution in [0.5, 0.6) is 0 Å². The Labute approximate surface area is 165 Å². The largest absolute Gasteiger partial charge is 0.373 e. The number of amides is 1. The Hall–Kier alpha value is -1.19. The highest BCUT2D eigenvalue weighted by Gasteiger charge is 2.32. The molecule has 2 saturated heterocycles. The first-order chi connectivity index (χ1) is 12.8. The molecule has 0 radical (unpaired) electrons. The highest BCUT2D eigenvalue weighted by atomic mass is 35.5. The van der Waals surface area contributed by atoms with E-state index in [2.05, 4.69) is 4.90 Å². The molecule has 0 aliphatic carbocycles. The van der Waals surface area contributed by atoms with Gasteiger partial charge in [-0.2, -0.15) is 4.31 Å². The van der Waals surface area contributed by atoms with E-state index in [-0.39, 0.29) is 41.1 Å². The molecule has 2 aliphatic rings. The van der Waals surface area contributed by atoms with Crippen LogP contribution in [0.15, 0.2) is 29.2 Å². The monoisotopic (exact) mass is 415 g/mol. The van der Waals surface area contributed by atoms with E-state index >= 15 is 0 Å². The minimum Gasteiger partial charge on any atom is -0.373 e. The molecule has 0 saturated carbocycles. The van der Waals surface area contributed by atoms with Gasteiger partial charge in [-0.15, -0.1) is 0 Å². The van der Waals surface area contributed by atoms with Crippen LogP contribution >= 0.6 is 11.6 Å². The van der Waals surface area contributed by atoms with Gasteiger partial charge in [-0.25, -0.2) is 8.42 Å². The smallest absolute Gasteiger partial charge is 0.244 e. The average Bonchev–Trinajstić information content (AvgIpc) is 2.61. The number of benzene rings is 1. The Balaban J connectivity index is 1.57. The van der Waals surface area contributed by atoms with E-state index in [4.69, 9.17) is 16.3 Å². The lowest BCUT2D eigenvalue weighted by Gasteiger charge is -2.38. The lowest BCUT2D eigenvalue weighted by molar-refractivity contribution is -0.137. The van der Waals surface area contributed by atoms with Crippen LogP contribution in [-0.2, 0) is 19.6 Å². The van der Waals surface area contributed by atoms with Gasteiger partial charge in [0.1, 0.15) is 4.90 Å². The number of nitrogens with zero attached hydrogens (tertiary/aromatic N) is 3. The van der Waals surface area contributed by atoms with Crippen LogP contribution in [0.2, 0.25) is 5.02 Å². The van der Waals surface area contributed by atoms with Gasteiger partial charge in [0, 0.05) is 39.3 Å². The number of rotatable bonds is 4. The van der Waals surface area contributed by atoms with Crippen LogP contribution in [-0.4, -0.2) is 86.5 Å². The summed E-state index contributed by atoms with van der Waals surface area (Å²) in [6.07, 6.45) is 0.221. The van der Waals surface area contributed by atoms with Crippen molar-refractivity contribution in [2.75, 3.05) is 45.8 Å². The number of carbonyl (C=O) groups is 1. The number of ether oxygens (including phenoxy) is 1. The fourth-order valence-corrected chi connectivity index (χ4v) is 5.59. The SMILES string of the molecule is C[C@@H]1CN(CC(=O)N2CCN(S(=O)(=O)c3ccccc3Cl)CC2)C[C@@H](C)O1. The molecule has 7 nitrogen and oxygen atoms in total. The van der Waals surface area contributed by atoms with Crippen molar-refractivity contribution in [3.63, 3.8) is 0 Å². The van der Waals surface area contributed by atoms with Gasteiger partial charge in [0.25, 0.3) is 0 Å². The highest BCUT2D eigenvalue weighted by molar-refractivity contribution is 7.89. The maximum absolute atomic E-state index is 12.8. The van der Waals surface area contributed by atoms with Gasteiger partial charge in [0.15, 0.2) is 0 Å². The summed E-state index contributed by atoms with van der Waals surface area (Å²) in [6, 6.07) is 6.43. The number of morpholine rings is 1. The number of halogens is 1. The van der Waals surface area contributed by atoms with Crippen molar-refractivity contribution in [1.82, 2.24) is 14.1 Å². The molecule has 9 heteroatoms. The quantitative estimate of drug-likeness (QED) is 0.741. The fourth-order valence-electron chi connectivity index (χ4n) is 3.68. The summed E-state index contributed by atoms with van der Waals surface area (Å²) >= 11 is 6.05. The van der Waals surface area contributed by atoms with E-state index in [1.165, 1.54) is 10.4 Å². The van der Waals surface area contributed by atoms with Crippen LogP contribution in [0.3, 0.4) is 0 Å². The normalized spacial score (nSPS) is 25.5. The van der Waals surface area contributed by atoms with Gasteiger partial charge in [0.2, 0.25) is 15.9 Å². The summed E-state index contributed by atoms with van der Waals surface area (Å²) in [6.45, 7) is 7.14. The molecule has 0 bridgehead atoms. The molecule has 3 rings (SSSR count). The van der Waals surface area contributed by atoms with Crippen molar-refractivity contribution >= 4 is 27.5 Å². The van der Waals surface area contributed by atoms with Gasteiger partial charge in [0.05, 0.1) is 23.8 Å². The molecule has 2 heterocycles. The summed E-state index contributed by atoms with van der Waals surface area (Å²) in [7, 11) is -3.65. The van der Waals surface area contributed by atoms with Crippen molar-refractivity contribution in [1.29, 1.82) is 0 Å². The maximum Gasteiger partial charge on any atom is 0.244 e. The average molecular weight is 416 g/mol. The van der Waals surface area contributed by atoms with Crippen LogP contribution in [0, 0.1) is 0 Å². The third-order valence-corrected chi connectivity index (χ3v) is 7.30. The summed E-state index contributed by atoms with van der Waals surface area (Å²) in [5.41, 5.74) is 0. The zero-order valence-corrected chi connectivity index (χ0v) is 17.2. The molecule has 2 fully saturated rings. The first kappa shape index (κ1) is 20.5. The van der Waals surface area contributed by atoms with Crippen LogP contribution in [0.4, 0.5) is 0 Å². The molecule has 0 spiro atoms. The van der Waals surface area contributed by atoms with E-state index in [1.807, 2.05) is 13.8 Å². The highest BCUT2D eigenvalue weighted by Crippen LogP contribution is 2.25. The van der Waals surface area contributed by atoms with Gasteiger partial charge in [-0.3, -0.25) is 9.69 Å². The van der Waals surface area contributed by atoms with Gasteiger partial charge < -0.3 is 9.64 Å². The van der Waals surface area contributed by atoms with E-state index in [1.54, 1.807) is 23.1 Å². The summed E-state index contributed by atoms with van der Waals surface area (Å²) < 4.78 is 32.7. The number of piperazine rings is 1. The third-order valence-electron chi connectivity index (χ3n) is 4.90. The minimum atomic E-state index is -3.65. The van der Waals surface area contributed by atoms with E-state index in [9.17, 15) is 13.2 Å². The Morgan fingerprint density at radius 2 is 1.70 bits per heavy atom. The van der Waals surface area contributed by atoms with Crippen LogP contribution < -0.4 is 0 Å². The molecule has 1 amide bonds. The summed E-state index contributed by atoms with van der Waals surface area (Å²) in [5, 5.41) is 0.214.